The molecular weight excluding hydrogens is 452 g/mol. The van der Waals surface area contributed by atoms with Crippen molar-refractivity contribution in [2.75, 3.05) is 13.2 Å². The fraction of sp³-hybridized carbons (Fsp3) is 0.407. The van der Waals surface area contributed by atoms with Crippen molar-refractivity contribution in [1.82, 2.24) is 0 Å². The summed E-state index contributed by atoms with van der Waals surface area (Å²) >= 11 is 0. The lowest BCUT2D eigenvalue weighted by Crippen LogP contribution is -2.41. The standard InChI is InChI=1S/C27H32O8/c1-20(28)34-18-26(19-35-21(2)29,15-9-14-24(30)31)16-17-27(25(32)33,22-10-5-3-6-11-22)23-12-7-4-8-13-23/h3-8,10-13H,9,14-19H2,1-2H3,(H,30,31)(H,32,33). The molecule has 0 heterocycles. The van der Waals surface area contributed by atoms with Crippen LogP contribution in [-0.2, 0) is 34.1 Å². The number of carbonyl (C=O) groups excluding carboxylic acids is 2. The van der Waals surface area contributed by atoms with Gasteiger partial charge in [0.25, 0.3) is 0 Å². The summed E-state index contributed by atoms with van der Waals surface area (Å²) in [4.78, 5) is 47.4. The zero-order valence-electron chi connectivity index (χ0n) is 20.1. The van der Waals surface area contributed by atoms with E-state index < -0.39 is 34.7 Å². The second-order valence-electron chi connectivity index (χ2n) is 8.75. The summed E-state index contributed by atoms with van der Waals surface area (Å²) in [5.74, 6) is -3.10. The molecule has 0 aliphatic carbocycles. The van der Waals surface area contributed by atoms with Crippen LogP contribution in [0.25, 0.3) is 0 Å². The first kappa shape index (κ1) is 27.6. The second-order valence-corrected chi connectivity index (χ2v) is 8.75. The van der Waals surface area contributed by atoms with Crippen LogP contribution < -0.4 is 0 Å². The van der Waals surface area contributed by atoms with Crippen molar-refractivity contribution < 1.29 is 38.9 Å². The van der Waals surface area contributed by atoms with Gasteiger partial charge in [-0.05, 0) is 36.8 Å². The molecule has 0 amide bonds. The largest absolute Gasteiger partial charge is 0.481 e. The van der Waals surface area contributed by atoms with Gasteiger partial charge in [-0.15, -0.1) is 0 Å². The van der Waals surface area contributed by atoms with Crippen LogP contribution >= 0.6 is 0 Å². The maximum atomic E-state index is 12.9. The van der Waals surface area contributed by atoms with Crippen molar-refractivity contribution in [3.05, 3.63) is 71.8 Å². The lowest BCUT2D eigenvalue weighted by atomic mass is 9.67. The highest BCUT2D eigenvalue weighted by Crippen LogP contribution is 2.42. The van der Waals surface area contributed by atoms with E-state index in [-0.39, 0.29) is 45.3 Å². The molecule has 2 rings (SSSR count). The van der Waals surface area contributed by atoms with E-state index >= 15 is 0 Å². The average molecular weight is 485 g/mol. The number of hydrogen-bond donors (Lipinski definition) is 2. The normalized spacial score (nSPS) is 11.5. The molecule has 2 N–H and O–H groups in total. The molecule has 0 fully saturated rings. The van der Waals surface area contributed by atoms with Crippen LogP contribution in [0.15, 0.2) is 60.7 Å². The summed E-state index contributed by atoms with van der Waals surface area (Å²) in [7, 11) is 0. The Morgan fingerprint density at radius 2 is 1.17 bits per heavy atom. The van der Waals surface area contributed by atoms with Crippen LogP contribution in [0.3, 0.4) is 0 Å². The molecule has 0 saturated carbocycles. The number of esters is 2. The van der Waals surface area contributed by atoms with Gasteiger partial charge in [0.2, 0.25) is 0 Å². The smallest absolute Gasteiger partial charge is 0.318 e. The Morgan fingerprint density at radius 1 is 0.714 bits per heavy atom. The van der Waals surface area contributed by atoms with Gasteiger partial charge < -0.3 is 19.7 Å². The number of carbonyl (C=O) groups is 4. The number of aliphatic carboxylic acids is 2. The molecule has 2 aromatic carbocycles. The predicted octanol–water partition coefficient (Wildman–Crippen LogP) is 4.21. The van der Waals surface area contributed by atoms with Crippen molar-refractivity contribution >= 4 is 23.9 Å². The summed E-state index contributed by atoms with van der Waals surface area (Å²) in [6.07, 6.45) is 0.687. The Kier molecular flexibility index (Phi) is 9.99. The first-order chi connectivity index (χ1) is 16.6. The quantitative estimate of drug-likeness (QED) is 0.382. The number of carboxylic acids is 2. The van der Waals surface area contributed by atoms with Gasteiger partial charge in [-0.2, -0.15) is 0 Å². The highest BCUT2D eigenvalue weighted by molar-refractivity contribution is 5.86. The first-order valence-electron chi connectivity index (χ1n) is 11.4. The molecular formula is C27H32O8. The van der Waals surface area contributed by atoms with Gasteiger partial charge >= 0.3 is 23.9 Å². The zero-order chi connectivity index (χ0) is 25.9. The maximum Gasteiger partial charge on any atom is 0.318 e. The molecule has 0 saturated heterocycles. The molecule has 35 heavy (non-hydrogen) atoms. The number of rotatable bonds is 14. The molecule has 188 valence electrons. The van der Waals surface area contributed by atoms with Crippen molar-refractivity contribution in [2.45, 2.75) is 51.4 Å². The van der Waals surface area contributed by atoms with E-state index in [0.717, 1.165) is 0 Å². The fourth-order valence-corrected chi connectivity index (χ4v) is 4.29. The van der Waals surface area contributed by atoms with E-state index in [2.05, 4.69) is 0 Å². The minimum Gasteiger partial charge on any atom is -0.481 e. The van der Waals surface area contributed by atoms with Gasteiger partial charge in [0.1, 0.15) is 18.6 Å². The van der Waals surface area contributed by atoms with Gasteiger partial charge in [-0.1, -0.05) is 60.7 Å². The van der Waals surface area contributed by atoms with E-state index in [1.54, 1.807) is 60.7 Å². The Labute approximate surface area is 204 Å². The number of ether oxygens (including phenoxy) is 2. The van der Waals surface area contributed by atoms with Gasteiger partial charge in [-0.3, -0.25) is 19.2 Å². The minimum absolute atomic E-state index is 0.103. The van der Waals surface area contributed by atoms with Crippen LogP contribution in [0.2, 0.25) is 0 Å². The summed E-state index contributed by atoms with van der Waals surface area (Å²) in [5.41, 5.74) is -1.22. The molecule has 2 aromatic rings. The van der Waals surface area contributed by atoms with Gasteiger partial charge in [0.15, 0.2) is 0 Å². The molecule has 0 radical (unpaired) electrons. The van der Waals surface area contributed by atoms with Crippen molar-refractivity contribution in [2.24, 2.45) is 5.41 Å². The number of hydrogen-bond acceptors (Lipinski definition) is 6. The Hall–Kier alpha value is -3.68. The third-order valence-electron chi connectivity index (χ3n) is 6.19. The topological polar surface area (TPSA) is 127 Å². The Morgan fingerprint density at radius 3 is 1.54 bits per heavy atom. The number of benzene rings is 2. The molecule has 0 aromatic heterocycles. The Bertz CT molecular complexity index is 943. The van der Waals surface area contributed by atoms with E-state index in [4.69, 9.17) is 14.6 Å². The van der Waals surface area contributed by atoms with E-state index in [1.165, 1.54) is 13.8 Å². The third kappa shape index (κ3) is 7.67. The van der Waals surface area contributed by atoms with Crippen LogP contribution in [-0.4, -0.2) is 47.3 Å². The summed E-state index contributed by atoms with van der Waals surface area (Å²) in [6, 6.07) is 17.7. The van der Waals surface area contributed by atoms with E-state index in [9.17, 15) is 24.3 Å². The van der Waals surface area contributed by atoms with Gasteiger partial charge in [0, 0.05) is 25.7 Å². The highest BCUT2D eigenvalue weighted by Gasteiger charge is 2.45. The van der Waals surface area contributed by atoms with E-state index in [1.807, 2.05) is 0 Å². The monoisotopic (exact) mass is 484 g/mol. The van der Waals surface area contributed by atoms with Crippen molar-refractivity contribution in [3.8, 4) is 0 Å². The summed E-state index contributed by atoms with van der Waals surface area (Å²) in [6.45, 7) is 2.25. The van der Waals surface area contributed by atoms with Crippen molar-refractivity contribution in [1.29, 1.82) is 0 Å². The van der Waals surface area contributed by atoms with Crippen molar-refractivity contribution in [3.63, 3.8) is 0 Å². The zero-order valence-corrected chi connectivity index (χ0v) is 20.1. The molecule has 0 unspecified atom stereocenters. The molecule has 0 aliphatic rings. The highest BCUT2D eigenvalue weighted by atomic mass is 16.5. The average Bonchev–Trinajstić information content (AvgIpc) is 2.82. The number of carboxylic acid groups (broad SMARTS) is 2. The lowest BCUT2D eigenvalue weighted by molar-refractivity contribution is -0.154. The molecule has 0 bridgehead atoms. The fourth-order valence-electron chi connectivity index (χ4n) is 4.29. The van der Waals surface area contributed by atoms with Gasteiger partial charge in [0.05, 0.1) is 0 Å². The maximum absolute atomic E-state index is 12.9. The lowest BCUT2D eigenvalue weighted by Gasteiger charge is -2.37. The van der Waals surface area contributed by atoms with Crippen LogP contribution in [0.4, 0.5) is 0 Å². The van der Waals surface area contributed by atoms with E-state index in [0.29, 0.717) is 11.1 Å². The Balaban J connectivity index is 2.53. The molecule has 0 atom stereocenters. The molecule has 0 aliphatic heterocycles. The summed E-state index contributed by atoms with van der Waals surface area (Å²) < 4.78 is 10.6. The molecule has 8 heteroatoms. The second kappa shape index (κ2) is 12.7. The first-order valence-corrected chi connectivity index (χ1v) is 11.4. The van der Waals surface area contributed by atoms with Crippen LogP contribution in [0.1, 0.15) is 57.1 Å². The minimum atomic E-state index is -1.42. The SMILES string of the molecule is CC(=O)OCC(CCCC(=O)O)(CCC(C(=O)O)(c1ccccc1)c1ccccc1)COC(C)=O. The molecule has 0 spiro atoms. The molecule has 8 nitrogen and oxygen atoms in total. The van der Waals surface area contributed by atoms with Gasteiger partial charge in [-0.25, -0.2) is 0 Å². The third-order valence-corrected chi connectivity index (χ3v) is 6.19. The predicted molar refractivity (Wildman–Crippen MR) is 128 cm³/mol. The summed E-state index contributed by atoms with van der Waals surface area (Å²) in [5, 5.41) is 19.7. The van der Waals surface area contributed by atoms with Crippen LogP contribution in [0.5, 0.6) is 0 Å². The van der Waals surface area contributed by atoms with Crippen LogP contribution in [0, 0.1) is 5.41 Å².